The van der Waals surface area contributed by atoms with Gasteiger partial charge in [0.05, 0.1) is 6.04 Å². The second-order valence-electron chi connectivity index (χ2n) is 11.0. The number of nitrogens with one attached hydrogen (secondary N) is 1. The summed E-state index contributed by atoms with van der Waals surface area (Å²) in [5.41, 5.74) is 6.39. The Morgan fingerprint density at radius 3 is 2.27 bits per heavy atom. The Morgan fingerprint density at radius 1 is 0.867 bits per heavy atom. The lowest BCUT2D eigenvalue weighted by Gasteiger charge is -2.57. The number of fused-ring (bicyclic) bond motifs is 3. The zero-order valence-electron chi connectivity index (χ0n) is 17.5. The molecular formula is C28H30ClN. The Balaban J connectivity index is 1.27. The fraction of sp³-hybridized carbons (Fsp3) is 0.500. The van der Waals surface area contributed by atoms with Gasteiger partial charge in [-0.25, -0.2) is 0 Å². The molecule has 154 valence electrons. The zero-order chi connectivity index (χ0) is 19.9. The van der Waals surface area contributed by atoms with Crippen LogP contribution < -0.4 is 5.32 Å². The molecule has 6 aliphatic rings. The van der Waals surface area contributed by atoms with Crippen LogP contribution in [0.25, 0.3) is 0 Å². The van der Waals surface area contributed by atoms with Crippen molar-refractivity contribution in [1.29, 1.82) is 0 Å². The minimum Gasteiger partial charge on any atom is -0.378 e. The third-order valence-electron chi connectivity index (χ3n) is 9.24. The van der Waals surface area contributed by atoms with E-state index in [0.29, 0.717) is 23.3 Å². The van der Waals surface area contributed by atoms with Gasteiger partial charge in [0, 0.05) is 16.6 Å². The topological polar surface area (TPSA) is 12.0 Å². The molecule has 0 unspecified atom stereocenters. The van der Waals surface area contributed by atoms with Gasteiger partial charge in [0.25, 0.3) is 0 Å². The van der Waals surface area contributed by atoms with Gasteiger partial charge < -0.3 is 5.32 Å². The van der Waals surface area contributed by atoms with Crippen LogP contribution in [0.3, 0.4) is 0 Å². The Bertz CT molecular complexity index is 984. The molecule has 5 aliphatic carbocycles. The molecule has 0 saturated heterocycles. The van der Waals surface area contributed by atoms with E-state index in [0.717, 1.165) is 29.2 Å². The zero-order valence-corrected chi connectivity index (χ0v) is 18.2. The summed E-state index contributed by atoms with van der Waals surface area (Å²) in [5, 5.41) is 4.74. The van der Waals surface area contributed by atoms with Crippen molar-refractivity contribution in [1.82, 2.24) is 0 Å². The molecule has 4 saturated carbocycles. The first-order valence-electron chi connectivity index (χ1n) is 12.0. The average Bonchev–Trinajstić information content (AvgIpc) is 3.23. The van der Waals surface area contributed by atoms with E-state index in [1.165, 1.54) is 49.8 Å². The average molecular weight is 416 g/mol. The van der Waals surface area contributed by atoms with Crippen LogP contribution >= 0.6 is 11.6 Å². The number of rotatable bonds is 2. The van der Waals surface area contributed by atoms with Gasteiger partial charge in [0.15, 0.2) is 0 Å². The van der Waals surface area contributed by atoms with E-state index in [1.54, 1.807) is 11.1 Å². The van der Waals surface area contributed by atoms with Gasteiger partial charge in [0.1, 0.15) is 0 Å². The molecule has 3 atom stereocenters. The summed E-state index contributed by atoms with van der Waals surface area (Å²) < 4.78 is 0. The molecule has 1 aliphatic heterocycles. The van der Waals surface area contributed by atoms with Crippen molar-refractivity contribution in [2.45, 2.75) is 62.3 Å². The van der Waals surface area contributed by atoms with Crippen LogP contribution in [-0.2, 0) is 5.41 Å². The maximum absolute atomic E-state index is 6.16. The lowest BCUT2D eigenvalue weighted by Crippen LogP contribution is -2.48. The lowest BCUT2D eigenvalue weighted by molar-refractivity contribution is -0.00523. The van der Waals surface area contributed by atoms with Crippen LogP contribution in [0.1, 0.15) is 73.6 Å². The van der Waals surface area contributed by atoms with E-state index in [9.17, 15) is 0 Å². The minimum atomic E-state index is 0.361. The molecule has 30 heavy (non-hydrogen) atoms. The molecule has 2 aromatic rings. The molecule has 4 fully saturated rings. The van der Waals surface area contributed by atoms with Crippen molar-refractivity contribution in [2.24, 2.45) is 23.7 Å². The summed E-state index contributed by atoms with van der Waals surface area (Å²) >= 11 is 6.16. The van der Waals surface area contributed by atoms with Crippen LogP contribution in [0.4, 0.5) is 5.69 Å². The second kappa shape index (κ2) is 6.39. The standard InChI is InChI=1S/C28H30ClN/c29-22-7-4-20(5-8-22)27-24-3-1-2-23(24)25-13-21(6-9-26(25)30-27)28-14-17-10-18(15-28)12-19(11-17)16-28/h1-2,4-9,13,17-19,23-24,27,30H,3,10-12,14-16H2/t17?,18?,19?,23-,24+,27+,28?/m1/s1. The van der Waals surface area contributed by atoms with Crippen molar-refractivity contribution >= 4 is 17.3 Å². The van der Waals surface area contributed by atoms with Crippen molar-refractivity contribution in [2.75, 3.05) is 5.32 Å². The van der Waals surface area contributed by atoms with Crippen molar-refractivity contribution in [3.8, 4) is 0 Å². The van der Waals surface area contributed by atoms with E-state index >= 15 is 0 Å². The van der Waals surface area contributed by atoms with Crippen molar-refractivity contribution in [3.05, 3.63) is 76.3 Å². The van der Waals surface area contributed by atoms with Gasteiger partial charge in [-0.2, -0.15) is 0 Å². The van der Waals surface area contributed by atoms with Gasteiger partial charge in [0.2, 0.25) is 0 Å². The molecule has 0 radical (unpaired) electrons. The summed E-state index contributed by atoms with van der Waals surface area (Å²) in [5.74, 6) is 4.14. The number of anilines is 1. The lowest BCUT2D eigenvalue weighted by atomic mass is 9.48. The number of halogens is 1. The summed E-state index contributed by atoms with van der Waals surface area (Å²) in [6.07, 6.45) is 14.9. The third kappa shape index (κ3) is 2.60. The normalized spacial score (nSPS) is 40.2. The predicted molar refractivity (Wildman–Crippen MR) is 124 cm³/mol. The Labute approximate surface area is 184 Å². The highest BCUT2D eigenvalue weighted by Crippen LogP contribution is 2.61. The van der Waals surface area contributed by atoms with Crippen LogP contribution in [0.5, 0.6) is 0 Å². The maximum Gasteiger partial charge on any atom is 0.0553 e. The molecule has 0 amide bonds. The Morgan fingerprint density at radius 2 is 1.57 bits per heavy atom. The molecule has 1 N–H and O–H groups in total. The van der Waals surface area contributed by atoms with E-state index < -0.39 is 0 Å². The molecule has 2 aromatic carbocycles. The number of hydrogen-bond donors (Lipinski definition) is 1. The van der Waals surface area contributed by atoms with Crippen LogP contribution in [0.2, 0.25) is 5.02 Å². The summed E-state index contributed by atoms with van der Waals surface area (Å²) in [7, 11) is 0. The Kier molecular flexibility index (Phi) is 3.81. The SMILES string of the molecule is Clc1ccc([C@@H]2Nc3ccc(C45CC6CC(CC(C6)C4)C5)cc3[C@@H]3C=CC[C@@H]32)cc1. The second-order valence-corrected chi connectivity index (χ2v) is 11.5. The van der Waals surface area contributed by atoms with Crippen LogP contribution in [0.15, 0.2) is 54.6 Å². The largest absolute Gasteiger partial charge is 0.378 e. The number of allylic oxidation sites excluding steroid dienone is 2. The van der Waals surface area contributed by atoms with Gasteiger partial charge in [-0.3, -0.25) is 0 Å². The third-order valence-corrected chi connectivity index (χ3v) is 9.49. The van der Waals surface area contributed by atoms with E-state index in [4.69, 9.17) is 11.6 Å². The van der Waals surface area contributed by atoms with Gasteiger partial charge in [-0.05, 0) is 109 Å². The first-order chi connectivity index (χ1) is 14.7. The number of hydrogen-bond acceptors (Lipinski definition) is 1. The quantitative estimate of drug-likeness (QED) is 0.497. The molecule has 4 bridgehead atoms. The number of benzene rings is 2. The van der Waals surface area contributed by atoms with E-state index in [2.05, 4.69) is 47.8 Å². The van der Waals surface area contributed by atoms with E-state index in [-0.39, 0.29) is 0 Å². The molecule has 1 heterocycles. The molecule has 0 aromatic heterocycles. The summed E-state index contributed by atoms with van der Waals surface area (Å²) in [4.78, 5) is 0. The van der Waals surface area contributed by atoms with E-state index in [1.807, 2.05) is 12.1 Å². The fourth-order valence-electron chi connectivity index (χ4n) is 8.39. The first-order valence-corrected chi connectivity index (χ1v) is 12.4. The maximum atomic E-state index is 6.16. The van der Waals surface area contributed by atoms with Crippen molar-refractivity contribution < 1.29 is 0 Å². The summed E-state index contributed by atoms with van der Waals surface area (Å²) in [6, 6.07) is 16.3. The highest BCUT2D eigenvalue weighted by molar-refractivity contribution is 6.30. The molecule has 1 nitrogen and oxygen atoms in total. The Hall–Kier alpha value is -1.73. The highest BCUT2D eigenvalue weighted by atomic mass is 35.5. The predicted octanol–water partition coefficient (Wildman–Crippen LogP) is 7.63. The smallest absolute Gasteiger partial charge is 0.0553 e. The van der Waals surface area contributed by atoms with Crippen LogP contribution in [0, 0.1) is 23.7 Å². The van der Waals surface area contributed by atoms with Crippen molar-refractivity contribution in [3.63, 3.8) is 0 Å². The van der Waals surface area contributed by atoms with Gasteiger partial charge in [-0.1, -0.05) is 48.0 Å². The minimum absolute atomic E-state index is 0.361. The van der Waals surface area contributed by atoms with Crippen LogP contribution in [-0.4, -0.2) is 0 Å². The molecular weight excluding hydrogens is 386 g/mol. The van der Waals surface area contributed by atoms with Gasteiger partial charge in [-0.15, -0.1) is 0 Å². The fourth-order valence-corrected chi connectivity index (χ4v) is 8.51. The molecule has 2 heteroatoms. The first kappa shape index (κ1) is 17.9. The molecule has 8 rings (SSSR count). The molecule has 0 spiro atoms. The monoisotopic (exact) mass is 415 g/mol. The summed E-state index contributed by atoms with van der Waals surface area (Å²) in [6.45, 7) is 0. The highest BCUT2D eigenvalue weighted by Gasteiger charge is 2.52. The van der Waals surface area contributed by atoms with Gasteiger partial charge >= 0.3 is 0 Å².